The Hall–Kier alpha value is -1.38. The second-order valence-corrected chi connectivity index (χ2v) is 4.68. The zero-order chi connectivity index (χ0) is 11.6. The zero-order valence-corrected chi connectivity index (χ0v) is 9.63. The third-order valence-electron chi connectivity index (χ3n) is 2.17. The number of nitrogens with two attached hydrogens (primary N) is 1. The van der Waals surface area contributed by atoms with Gasteiger partial charge in [-0.25, -0.2) is 9.38 Å². The van der Waals surface area contributed by atoms with Crippen LogP contribution in [0.1, 0.15) is 26.3 Å². The van der Waals surface area contributed by atoms with E-state index in [1.54, 1.807) is 6.07 Å². The van der Waals surface area contributed by atoms with Crippen LogP contribution in [0.3, 0.4) is 0 Å². The van der Waals surface area contributed by atoms with E-state index in [0.717, 1.165) is 11.3 Å². The number of aryl methyl sites for hydroxylation is 1. The fourth-order valence-electron chi connectivity index (χ4n) is 1.04. The minimum absolute atomic E-state index is 0.166. The summed E-state index contributed by atoms with van der Waals surface area (Å²) in [5, 5.41) is 0. The molecule has 1 rings (SSSR count). The molecule has 1 aromatic carbocycles. The summed E-state index contributed by atoms with van der Waals surface area (Å²) in [6, 6.07) is 4.49. The molecule has 0 aliphatic carbocycles. The van der Waals surface area contributed by atoms with Crippen LogP contribution in [0.15, 0.2) is 23.2 Å². The van der Waals surface area contributed by atoms with Gasteiger partial charge in [-0.3, -0.25) is 0 Å². The van der Waals surface area contributed by atoms with Crippen LogP contribution in [0.4, 0.5) is 10.1 Å². The molecular weight excluding hydrogens is 191 g/mol. The molecule has 0 radical (unpaired) electrons. The highest BCUT2D eigenvalue weighted by Gasteiger charge is 2.15. The first-order valence-corrected chi connectivity index (χ1v) is 4.91. The Labute approximate surface area is 90.0 Å². The minimum Gasteiger partial charge on any atom is -0.387 e. The lowest BCUT2D eigenvalue weighted by Gasteiger charge is -2.17. The molecule has 0 spiro atoms. The molecule has 15 heavy (non-hydrogen) atoms. The molecule has 0 fully saturated rings. The molecule has 0 amide bonds. The van der Waals surface area contributed by atoms with Crippen LogP contribution >= 0.6 is 0 Å². The summed E-state index contributed by atoms with van der Waals surface area (Å²) in [7, 11) is 0. The molecule has 3 heteroatoms. The van der Waals surface area contributed by atoms with Gasteiger partial charge in [0, 0.05) is 5.41 Å². The predicted molar refractivity (Wildman–Crippen MR) is 61.9 cm³/mol. The van der Waals surface area contributed by atoms with Gasteiger partial charge in [0.15, 0.2) is 0 Å². The van der Waals surface area contributed by atoms with E-state index < -0.39 is 0 Å². The van der Waals surface area contributed by atoms with Gasteiger partial charge in [0.05, 0.1) is 5.69 Å². The van der Waals surface area contributed by atoms with Crippen molar-refractivity contribution in [2.24, 2.45) is 16.1 Å². The normalized spacial score (nSPS) is 13.0. The lowest BCUT2D eigenvalue weighted by Crippen LogP contribution is -2.28. The summed E-state index contributed by atoms with van der Waals surface area (Å²) in [4.78, 5) is 4.30. The quantitative estimate of drug-likeness (QED) is 0.558. The Bertz CT molecular complexity index is 389. The maximum atomic E-state index is 12.8. The molecule has 0 atom stereocenters. The van der Waals surface area contributed by atoms with E-state index in [1.807, 2.05) is 27.7 Å². The number of aliphatic imine (C=N–C) groups is 1. The first kappa shape index (κ1) is 11.7. The van der Waals surface area contributed by atoms with Crippen molar-refractivity contribution in [2.75, 3.05) is 0 Å². The molecule has 0 aliphatic rings. The highest BCUT2D eigenvalue weighted by Crippen LogP contribution is 2.22. The smallest absolute Gasteiger partial charge is 0.123 e. The van der Waals surface area contributed by atoms with Crippen LogP contribution in [0.25, 0.3) is 0 Å². The Morgan fingerprint density at radius 2 is 1.93 bits per heavy atom. The molecule has 2 nitrogen and oxygen atoms in total. The number of halogens is 1. The summed E-state index contributed by atoms with van der Waals surface area (Å²) < 4.78 is 12.8. The van der Waals surface area contributed by atoms with Gasteiger partial charge in [-0.2, -0.15) is 0 Å². The SMILES string of the molecule is Cc1cc(F)ccc1N=C(N)C(C)(C)C. The van der Waals surface area contributed by atoms with Crippen molar-refractivity contribution in [2.45, 2.75) is 27.7 Å². The second-order valence-electron chi connectivity index (χ2n) is 4.68. The van der Waals surface area contributed by atoms with Gasteiger partial charge < -0.3 is 5.73 Å². The summed E-state index contributed by atoms with van der Waals surface area (Å²) in [5.41, 5.74) is 7.20. The molecule has 82 valence electrons. The largest absolute Gasteiger partial charge is 0.387 e. The topological polar surface area (TPSA) is 38.4 Å². The maximum absolute atomic E-state index is 12.8. The highest BCUT2D eigenvalue weighted by atomic mass is 19.1. The van der Waals surface area contributed by atoms with E-state index >= 15 is 0 Å². The Balaban J connectivity index is 3.09. The van der Waals surface area contributed by atoms with Gasteiger partial charge in [0.25, 0.3) is 0 Å². The standard InChI is InChI=1S/C12H17FN2/c1-8-7-9(13)5-6-10(8)15-11(14)12(2,3)4/h5-7H,1-4H3,(H2,14,15). The van der Waals surface area contributed by atoms with Crippen molar-refractivity contribution in [3.05, 3.63) is 29.6 Å². The van der Waals surface area contributed by atoms with Gasteiger partial charge in [-0.15, -0.1) is 0 Å². The maximum Gasteiger partial charge on any atom is 0.123 e. The predicted octanol–water partition coefficient (Wildman–Crippen LogP) is 3.17. The second kappa shape index (κ2) is 4.01. The highest BCUT2D eigenvalue weighted by molar-refractivity contribution is 5.88. The van der Waals surface area contributed by atoms with Gasteiger partial charge in [0.1, 0.15) is 11.7 Å². The average Bonchev–Trinajstić information content (AvgIpc) is 2.08. The third-order valence-corrected chi connectivity index (χ3v) is 2.17. The molecule has 0 aromatic heterocycles. The van der Waals surface area contributed by atoms with Gasteiger partial charge in [0.2, 0.25) is 0 Å². The summed E-state index contributed by atoms with van der Waals surface area (Å²) in [6.07, 6.45) is 0. The minimum atomic E-state index is -0.249. The number of nitrogens with zero attached hydrogens (tertiary/aromatic N) is 1. The number of hydrogen-bond donors (Lipinski definition) is 1. The van der Waals surface area contributed by atoms with Gasteiger partial charge in [-0.1, -0.05) is 20.8 Å². The van der Waals surface area contributed by atoms with Crippen LogP contribution < -0.4 is 5.73 Å². The fourth-order valence-corrected chi connectivity index (χ4v) is 1.04. The Morgan fingerprint density at radius 1 is 1.33 bits per heavy atom. The van der Waals surface area contributed by atoms with E-state index in [0.29, 0.717) is 5.84 Å². The number of hydrogen-bond acceptors (Lipinski definition) is 1. The Kier molecular flexibility index (Phi) is 3.12. The van der Waals surface area contributed by atoms with Gasteiger partial charge in [-0.05, 0) is 30.7 Å². The first-order valence-electron chi connectivity index (χ1n) is 4.91. The molecule has 1 aromatic rings. The van der Waals surface area contributed by atoms with Crippen LogP contribution in [-0.4, -0.2) is 5.84 Å². The van der Waals surface area contributed by atoms with Crippen molar-refractivity contribution in [3.63, 3.8) is 0 Å². The summed E-state index contributed by atoms with van der Waals surface area (Å²) >= 11 is 0. The fraction of sp³-hybridized carbons (Fsp3) is 0.417. The van der Waals surface area contributed by atoms with Crippen molar-refractivity contribution in [1.82, 2.24) is 0 Å². The molecule has 0 saturated heterocycles. The van der Waals surface area contributed by atoms with E-state index in [2.05, 4.69) is 4.99 Å². The van der Waals surface area contributed by atoms with E-state index in [4.69, 9.17) is 5.73 Å². The van der Waals surface area contributed by atoms with Crippen molar-refractivity contribution in [1.29, 1.82) is 0 Å². The molecule has 0 aliphatic heterocycles. The molecule has 0 bridgehead atoms. The average molecular weight is 208 g/mol. The number of benzene rings is 1. The molecule has 0 saturated carbocycles. The lowest BCUT2D eigenvalue weighted by molar-refractivity contribution is 0.585. The van der Waals surface area contributed by atoms with Crippen LogP contribution in [-0.2, 0) is 0 Å². The number of rotatable bonds is 1. The third kappa shape index (κ3) is 3.05. The number of amidine groups is 1. The van der Waals surface area contributed by atoms with E-state index in [1.165, 1.54) is 12.1 Å². The molecule has 2 N–H and O–H groups in total. The Morgan fingerprint density at radius 3 is 2.40 bits per heavy atom. The monoisotopic (exact) mass is 208 g/mol. The first-order chi connectivity index (χ1) is 6.80. The van der Waals surface area contributed by atoms with Crippen molar-refractivity contribution >= 4 is 11.5 Å². The van der Waals surface area contributed by atoms with Crippen molar-refractivity contribution < 1.29 is 4.39 Å². The summed E-state index contributed by atoms with van der Waals surface area (Å²) in [5.74, 6) is 0.304. The van der Waals surface area contributed by atoms with Crippen LogP contribution in [0.5, 0.6) is 0 Å². The van der Waals surface area contributed by atoms with Gasteiger partial charge >= 0.3 is 0 Å². The van der Waals surface area contributed by atoms with Crippen LogP contribution in [0.2, 0.25) is 0 Å². The molecular formula is C12H17FN2. The van der Waals surface area contributed by atoms with E-state index in [-0.39, 0.29) is 11.2 Å². The van der Waals surface area contributed by atoms with Crippen LogP contribution in [0, 0.1) is 18.2 Å². The van der Waals surface area contributed by atoms with Crippen molar-refractivity contribution in [3.8, 4) is 0 Å². The molecule has 0 unspecified atom stereocenters. The zero-order valence-electron chi connectivity index (χ0n) is 9.63. The van der Waals surface area contributed by atoms with E-state index in [9.17, 15) is 4.39 Å². The molecule has 0 heterocycles. The summed E-state index contributed by atoms with van der Waals surface area (Å²) in [6.45, 7) is 7.79. The lowest BCUT2D eigenvalue weighted by atomic mass is 9.95.